The van der Waals surface area contributed by atoms with Crippen LogP contribution in [-0.2, 0) is 68.7 Å². The molecule has 4 heterocycles. The number of carbonyl (C=O) groups is 3. The predicted octanol–water partition coefficient (Wildman–Crippen LogP) is 13.7. The number of methoxy groups -OCH3 is 1. The molecular weight excluding hydrogens is 1510 g/mol. The minimum absolute atomic E-state index is 0.131. The largest absolute Gasteiger partial charge is 0.468 e. The first-order valence-corrected chi connectivity index (χ1v) is 44.6. The fraction of sp³-hybridized carbons (Fsp3) is 0.407. The fourth-order valence-corrected chi connectivity index (χ4v) is 20.9. The van der Waals surface area contributed by atoms with Crippen molar-refractivity contribution >= 4 is 81.2 Å². The highest BCUT2D eigenvalue weighted by molar-refractivity contribution is 7.93. The monoisotopic (exact) mass is 1620 g/mol. The molecule has 4 aliphatic heterocycles. The van der Waals surface area contributed by atoms with Gasteiger partial charge in [0.15, 0.2) is 0 Å². The van der Waals surface area contributed by atoms with Gasteiger partial charge in [0.1, 0.15) is 0 Å². The smallest absolute Gasteiger partial charge is 0.305 e. The maximum atomic E-state index is 13.3. The van der Waals surface area contributed by atoms with Gasteiger partial charge in [0.05, 0.1) is 79.7 Å². The van der Waals surface area contributed by atoms with Crippen LogP contribution in [0.4, 0.5) is 22.7 Å². The van der Waals surface area contributed by atoms with Gasteiger partial charge in [-0.05, 0) is 202 Å². The van der Waals surface area contributed by atoms with E-state index in [-0.39, 0.29) is 36.0 Å². The van der Waals surface area contributed by atoms with E-state index in [4.69, 9.17) is 19.9 Å². The molecule has 4 atom stereocenters. The van der Waals surface area contributed by atoms with Crippen molar-refractivity contribution in [2.24, 2.45) is 5.73 Å². The number of primary amides is 1. The highest BCUT2D eigenvalue weighted by atomic mass is 32.2. The number of para-hydroxylation sites is 4. The van der Waals surface area contributed by atoms with Crippen molar-refractivity contribution in [3.63, 3.8) is 0 Å². The molecule has 0 aliphatic carbocycles. The van der Waals surface area contributed by atoms with Gasteiger partial charge in [-0.25, -0.2) is 33.7 Å². The Bertz CT molecular complexity index is 5030. The van der Waals surface area contributed by atoms with Crippen LogP contribution < -0.4 is 44.2 Å². The Balaban J connectivity index is 0.000000173. The number of rotatable bonds is 31. The number of nitrogens with two attached hydrogens (primary N) is 1. The first-order chi connectivity index (χ1) is 54.2. The first-order valence-electron chi connectivity index (χ1n) is 38.9. The van der Waals surface area contributed by atoms with Gasteiger partial charge >= 0.3 is 5.97 Å². The minimum atomic E-state index is -3.63. The summed E-state index contributed by atoms with van der Waals surface area (Å²) >= 11 is 0. The van der Waals surface area contributed by atoms with Crippen LogP contribution in [0.15, 0.2) is 196 Å². The summed E-state index contributed by atoms with van der Waals surface area (Å²) in [6, 6.07) is 53.8. The quantitative estimate of drug-likeness (QED) is 0.0153. The van der Waals surface area contributed by atoms with Gasteiger partial charge in [0.25, 0.3) is 46.6 Å². The third-order valence-corrected chi connectivity index (χ3v) is 28.1. The van der Waals surface area contributed by atoms with Crippen molar-refractivity contribution in [3.05, 3.63) is 237 Å². The third-order valence-electron chi connectivity index (χ3n) is 20.8. The SMILES string of the molecule is CCOC(=O)CCCCCCNC1c2ccccc2S(=O)(=O)N(C)c2c(C)cccc21.CN1c2ccccc2C(NCCCCCCOC=O)c2ccccc2S1(=O)=O.COCCCNC1c2ccccc2N(C)S(=O)(=O)c2cc(C)ccc21.Cc1ccc2c(c1)S(=O)(=O)N(C)c1ccccc1C2NCCCCCCC(N)=O. The predicted molar refractivity (Wildman–Crippen MR) is 446 cm³/mol. The molecule has 113 heavy (non-hydrogen) atoms. The van der Waals surface area contributed by atoms with E-state index in [1.807, 2.05) is 167 Å². The van der Waals surface area contributed by atoms with Crippen LogP contribution in [0.1, 0.15) is 189 Å². The molecule has 8 aromatic carbocycles. The molecule has 0 saturated heterocycles. The lowest BCUT2D eigenvalue weighted by molar-refractivity contribution is -0.143. The summed E-state index contributed by atoms with van der Waals surface area (Å²) in [4.78, 5) is 33.8. The molecule has 8 aromatic rings. The maximum Gasteiger partial charge on any atom is 0.305 e. The van der Waals surface area contributed by atoms with E-state index in [9.17, 15) is 48.1 Å². The summed E-state index contributed by atoms with van der Waals surface area (Å²) in [5, 5.41) is 14.2. The van der Waals surface area contributed by atoms with Crippen LogP contribution in [0.3, 0.4) is 0 Å². The normalized spacial score (nSPS) is 17.4. The molecule has 0 radical (unpaired) electrons. The number of hydrogen-bond acceptors (Lipinski definition) is 18. The lowest BCUT2D eigenvalue weighted by Gasteiger charge is -2.24. The summed E-state index contributed by atoms with van der Waals surface area (Å²) in [7, 11) is -6.31. The summed E-state index contributed by atoms with van der Waals surface area (Å²) in [6.07, 6.45) is 13.0. The summed E-state index contributed by atoms with van der Waals surface area (Å²) in [6.45, 7) is 12.6. The number of aryl methyl sites for hydroxylation is 3. The van der Waals surface area contributed by atoms with E-state index < -0.39 is 40.1 Å². The molecule has 0 fully saturated rings. The molecule has 6 N–H and O–H groups in total. The fourth-order valence-electron chi connectivity index (χ4n) is 14.8. The standard InChI is InChI=1S/C24H32N2O4S.C22H29N3O3S.C21H26N2O4S.C19H24N2O3S/c1-4-30-22(27)16-7-5-6-10-17-25-23-19-13-8-9-15-21(19)31(28,29)26(3)24-18(2)12-11-14-20(23)24;1-16-12-13-18-20(15-16)29(27,28)25(2)19-10-7-6-9-17(19)22(18)24-14-8-4-3-5-11-21(23)26;1-23-19-12-6-4-10-17(19)21(22-14-8-2-3-9-15-27-16-24)18-11-5-7-13-20(18)28(23,25)26;1-14-9-10-16-18(13-14)25(22,23)21(2)17-8-5-4-7-15(17)19(16)20-11-6-12-24-3/h8-9,11-15,23,25H,4-7,10,16-17H2,1-3H3;6-7,9-10,12-13,15,22,24H,3-5,8,11,14H2,1-2H3,(H2,23,26);4-7,10-13,16,21-22H,2-3,8-9,14-15H2,1H3;4-5,7-10,13,19-20H,6,11-12H2,1-3H3. The van der Waals surface area contributed by atoms with Crippen LogP contribution in [0.2, 0.25) is 0 Å². The van der Waals surface area contributed by atoms with E-state index in [2.05, 4.69) is 21.3 Å². The van der Waals surface area contributed by atoms with Gasteiger partial charge in [0, 0.05) is 54.7 Å². The second-order valence-electron chi connectivity index (χ2n) is 28.6. The van der Waals surface area contributed by atoms with Crippen molar-refractivity contribution < 1.29 is 62.3 Å². The molecule has 0 saturated carbocycles. The van der Waals surface area contributed by atoms with Crippen LogP contribution in [-0.4, -0.2) is 133 Å². The van der Waals surface area contributed by atoms with Crippen molar-refractivity contribution in [3.8, 4) is 0 Å². The number of carbonyl (C=O) groups excluding carboxylic acids is 3. The Morgan fingerprint density at radius 1 is 0.398 bits per heavy atom. The van der Waals surface area contributed by atoms with Gasteiger partial charge in [-0.2, -0.15) is 0 Å². The average molecular weight is 1620 g/mol. The molecular formula is C86H111N9O14S4. The van der Waals surface area contributed by atoms with Crippen LogP contribution in [0, 0.1) is 20.8 Å². The molecule has 4 aliphatic rings. The minimum Gasteiger partial charge on any atom is -0.468 e. The Hall–Kier alpha value is -9.03. The number of unbranched alkanes of at least 4 members (excludes halogenated alkanes) is 9. The average Bonchev–Trinajstić information content (AvgIpc) is 1.64. The van der Waals surface area contributed by atoms with Crippen molar-refractivity contribution in [2.75, 3.05) is 98.5 Å². The Kier molecular flexibility index (Phi) is 32.2. The lowest BCUT2D eigenvalue weighted by atomic mass is 9.95. The summed E-state index contributed by atoms with van der Waals surface area (Å²) < 4.78 is 126. The number of esters is 1. The third kappa shape index (κ3) is 21.5. The Morgan fingerprint density at radius 2 is 0.752 bits per heavy atom. The number of amides is 1. The summed E-state index contributed by atoms with van der Waals surface area (Å²) in [5.41, 5.74) is 17.8. The second-order valence-corrected chi connectivity index (χ2v) is 36.4. The first kappa shape index (κ1) is 87.9. The number of nitrogens with zero attached hydrogens (tertiary/aromatic N) is 4. The number of hydrogen-bond donors (Lipinski definition) is 5. The van der Waals surface area contributed by atoms with E-state index in [0.717, 1.165) is 177 Å². The Morgan fingerprint density at radius 3 is 1.18 bits per heavy atom. The number of fused-ring (bicyclic) bond motifs is 8. The second kappa shape index (κ2) is 41.3. The van der Waals surface area contributed by atoms with Gasteiger partial charge < -0.3 is 41.2 Å². The van der Waals surface area contributed by atoms with E-state index in [0.29, 0.717) is 75.8 Å². The van der Waals surface area contributed by atoms with Gasteiger partial charge in [0.2, 0.25) is 5.91 Å². The number of benzene rings is 8. The van der Waals surface area contributed by atoms with E-state index in [1.165, 1.54) is 17.2 Å². The van der Waals surface area contributed by atoms with Crippen molar-refractivity contribution in [1.82, 2.24) is 21.3 Å². The van der Waals surface area contributed by atoms with E-state index in [1.54, 1.807) is 71.7 Å². The van der Waals surface area contributed by atoms with Crippen LogP contribution >= 0.6 is 0 Å². The number of ether oxygens (including phenoxy) is 3. The molecule has 4 unspecified atom stereocenters. The molecule has 12 rings (SSSR count). The zero-order valence-electron chi connectivity index (χ0n) is 66.4. The van der Waals surface area contributed by atoms with E-state index >= 15 is 0 Å². The van der Waals surface area contributed by atoms with Crippen molar-refractivity contribution in [2.45, 2.75) is 168 Å². The molecule has 27 heteroatoms. The number of sulfonamides is 4. The van der Waals surface area contributed by atoms with Crippen LogP contribution in [0.25, 0.3) is 0 Å². The van der Waals surface area contributed by atoms with Gasteiger partial charge in [-0.15, -0.1) is 0 Å². The highest BCUT2D eigenvalue weighted by Crippen LogP contribution is 2.45. The number of nitrogens with one attached hydrogen (secondary N) is 4. The maximum absolute atomic E-state index is 13.3. The Labute approximate surface area is 669 Å². The van der Waals surface area contributed by atoms with Gasteiger partial charge in [-0.1, -0.05) is 172 Å². The lowest BCUT2D eigenvalue weighted by Crippen LogP contribution is -2.27. The summed E-state index contributed by atoms with van der Waals surface area (Å²) in [5.74, 6) is -0.386. The zero-order chi connectivity index (χ0) is 81.5. The highest BCUT2D eigenvalue weighted by Gasteiger charge is 2.39. The topological polar surface area (TPSA) is 303 Å². The van der Waals surface area contributed by atoms with Crippen LogP contribution in [0.5, 0.6) is 0 Å². The molecule has 0 aromatic heterocycles. The van der Waals surface area contributed by atoms with Gasteiger partial charge in [-0.3, -0.25) is 31.6 Å². The molecule has 0 bridgehead atoms. The molecule has 23 nitrogen and oxygen atoms in total. The molecule has 0 spiro atoms. The number of anilines is 4. The molecule has 608 valence electrons. The molecule has 1 amide bonds. The zero-order valence-corrected chi connectivity index (χ0v) is 69.7. The van der Waals surface area contributed by atoms with Crippen molar-refractivity contribution in [1.29, 1.82) is 0 Å².